The highest BCUT2D eigenvalue weighted by atomic mass is 79.9. The van der Waals surface area contributed by atoms with Crippen LogP contribution in [0, 0.1) is 5.82 Å². The third-order valence-electron chi connectivity index (χ3n) is 2.32. The molecule has 2 N–H and O–H groups in total. The fourth-order valence-electron chi connectivity index (χ4n) is 1.42. The van der Waals surface area contributed by atoms with E-state index in [0.717, 1.165) is 4.47 Å². The van der Waals surface area contributed by atoms with Crippen LogP contribution in [0.25, 0.3) is 0 Å². The number of carboxylic acids is 1. The molecule has 0 amide bonds. The van der Waals surface area contributed by atoms with Gasteiger partial charge in [0.2, 0.25) is 0 Å². The summed E-state index contributed by atoms with van der Waals surface area (Å²) in [6.45, 7) is 0. The second kappa shape index (κ2) is 6.12. The molecule has 2 rings (SSSR count). The predicted molar refractivity (Wildman–Crippen MR) is 75.5 cm³/mol. The summed E-state index contributed by atoms with van der Waals surface area (Å²) in [6.07, 6.45) is 0.435. The van der Waals surface area contributed by atoms with Crippen molar-refractivity contribution in [3.8, 4) is 0 Å². The first-order valence-corrected chi connectivity index (χ1v) is 7.10. The van der Waals surface area contributed by atoms with Gasteiger partial charge in [-0.05, 0) is 34.1 Å². The molecule has 4 nitrogen and oxygen atoms in total. The lowest BCUT2D eigenvalue weighted by Crippen LogP contribution is -1.98. The number of hydrogen-bond donors (Lipinski definition) is 2. The monoisotopic (exact) mass is 344 g/mol. The van der Waals surface area contributed by atoms with Crippen molar-refractivity contribution in [1.29, 1.82) is 0 Å². The minimum absolute atomic E-state index is 0.0484. The third-order valence-corrected chi connectivity index (χ3v) is 3.81. The summed E-state index contributed by atoms with van der Waals surface area (Å²) in [5.41, 5.74) is 1.29. The van der Waals surface area contributed by atoms with Crippen molar-refractivity contribution < 1.29 is 14.3 Å². The summed E-state index contributed by atoms with van der Waals surface area (Å²) >= 11 is 4.67. The van der Waals surface area contributed by atoms with Crippen molar-refractivity contribution in [3.63, 3.8) is 0 Å². The minimum atomic E-state index is -0.851. The highest BCUT2D eigenvalue weighted by molar-refractivity contribution is 9.10. The third kappa shape index (κ3) is 4.00. The van der Waals surface area contributed by atoms with Gasteiger partial charge in [0.25, 0.3) is 0 Å². The Hall–Kier alpha value is -1.47. The Labute approximate surface area is 121 Å². The van der Waals surface area contributed by atoms with Crippen molar-refractivity contribution in [2.24, 2.45) is 0 Å². The van der Waals surface area contributed by atoms with Gasteiger partial charge >= 0.3 is 5.97 Å². The van der Waals surface area contributed by atoms with Crippen molar-refractivity contribution >= 4 is 44.1 Å². The quantitative estimate of drug-likeness (QED) is 0.865. The number of rotatable bonds is 5. The molecule has 0 spiro atoms. The molecule has 7 heteroatoms. The van der Waals surface area contributed by atoms with Crippen LogP contribution in [0.4, 0.5) is 15.2 Å². The molecule has 0 aliphatic rings. The number of aryl methyl sites for hydroxylation is 1. The Morgan fingerprint density at radius 1 is 1.53 bits per heavy atom. The molecule has 0 saturated heterocycles. The van der Waals surface area contributed by atoms with E-state index in [9.17, 15) is 9.18 Å². The number of nitrogens with zero attached hydrogens (tertiary/aromatic N) is 1. The Bertz CT molecular complexity index is 603. The fraction of sp³-hybridized carbons (Fsp3) is 0.167. The molecule has 0 aliphatic carbocycles. The Kier molecular flexibility index (Phi) is 4.49. The number of aliphatic carboxylic acids is 1. The van der Waals surface area contributed by atoms with Gasteiger partial charge in [-0.1, -0.05) is 0 Å². The molecule has 19 heavy (non-hydrogen) atoms. The average Bonchev–Trinajstić information content (AvgIpc) is 2.79. The van der Waals surface area contributed by atoms with Crippen LogP contribution in [0.15, 0.2) is 28.1 Å². The van der Waals surface area contributed by atoms with Crippen LogP contribution in [0.3, 0.4) is 0 Å². The lowest BCUT2D eigenvalue weighted by atomic mass is 10.2. The molecule has 0 unspecified atom stereocenters. The highest BCUT2D eigenvalue weighted by Crippen LogP contribution is 2.28. The minimum Gasteiger partial charge on any atom is -0.481 e. The highest BCUT2D eigenvalue weighted by Gasteiger charge is 2.07. The first-order chi connectivity index (χ1) is 9.04. The molecule has 0 aliphatic heterocycles. The predicted octanol–water partition coefficient (Wildman–Crippen LogP) is 3.81. The number of benzene rings is 1. The van der Waals surface area contributed by atoms with E-state index in [2.05, 4.69) is 26.2 Å². The first kappa shape index (κ1) is 14.0. The van der Waals surface area contributed by atoms with E-state index in [-0.39, 0.29) is 12.2 Å². The number of carbonyl (C=O) groups is 1. The molecular formula is C12H10BrFN2O2S. The van der Waals surface area contributed by atoms with Gasteiger partial charge in [-0.2, -0.15) is 0 Å². The Morgan fingerprint density at radius 2 is 2.32 bits per heavy atom. The van der Waals surface area contributed by atoms with Gasteiger partial charge < -0.3 is 10.4 Å². The normalized spacial score (nSPS) is 10.4. The van der Waals surface area contributed by atoms with Gasteiger partial charge in [-0.15, -0.1) is 11.3 Å². The summed E-state index contributed by atoms with van der Waals surface area (Å²) in [7, 11) is 0. The summed E-state index contributed by atoms with van der Waals surface area (Å²) in [4.78, 5) is 14.7. The number of thiazole rings is 1. The van der Waals surface area contributed by atoms with E-state index < -0.39 is 5.97 Å². The van der Waals surface area contributed by atoms with Crippen molar-refractivity contribution in [2.75, 3.05) is 5.32 Å². The molecule has 2 aromatic rings. The zero-order chi connectivity index (χ0) is 13.8. The first-order valence-electron chi connectivity index (χ1n) is 5.43. The van der Waals surface area contributed by atoms with E-state index in [1.165, 1.54) is 23.5 Å². The van der Waals surface area contributed by atoms with E-state index in [1.807, 2.05) is 0 Å². The smallest absolute Gasteiger partial charge is 0.303 e. The van der Waals surface area contributed by atoms with Crippen molar-refractivity contribution in [1.82, 2.24) is 4.98 Å². The second-order valence-corrected chi connectivity index (χ2v) is 5.50. The van der Waals surface area contributed by atoms with Crippen LogP contribution in [0.1, 0.15) is 12.1 Å². The van der Waals surface area contributed by atoms with E-state index in [0.29, 0.717) is 22.9 Å². The van der Waals surface area contributed by atoms with Crippen LogP contribution in [-0.4, -0.2) is 16.1 Å². The van der Waals surface area contributed by atoms with Gasteiger partial charge in [0.05, 0.1) is 17.8 Å². The molecule has 1 heterocycles. The fourth-order valence-corrected chi connectivity index (χ4v) is 2.53. The molecule has 1 aromatic carbocycles. The topological polar surface area (TPSA) is 62.2 Å². The van der Waals surface area contributed by atoms with Gasteiger partial charge in [-0.25, -0.2) is 9.37 Å². The molecular weight excluding hydrogens is 335 g/mol. The van der Waals surface area contributed by atoms with E-state index >= 15 is 0 Å². The summed E-state index contributed by atoms with van der Waals surface area (Å²) in [5.74, 6) is -1.19. The molecule has 100 valence electrons. The van der Waals surface area contributed by atoms with E-state index in [1.54, 1.807) is 11.4 Å². The zero-order valence-corrected chi connectivity index (χ0v) is 12.1. The van der Waals surface area contributed by atoms with Crippen molar-refractivity contribution in [2.45, 2.75) is 12.8 Å². The number of carboxylic acid groups (broad SMARTS) is 1. The molecule has 0 bridgehead atoms. The Morgan fingerprint density at radius 3 is 3.05 bits per heavy atom. The number of hydrogen-bond acceptors (Lipinski definition) is 4. The Balaban J connectivity index is 2.07. The molecule has 0 fully saturated rings. The lowest BCUT2D eigenvalue weighted by molar-refractivity contribution is -0.136. The SMILES string of the molecule is O=C(O)CCc1csc(Nc2cc(F)ccc2Br)n1. The molecule has 0 saturated carbocycles. The lowest BCUT2D eigenvalue weighted by Gasteiger charge is -2.05. The van der Waals surface area contributed by atoms with Crippen LogP contribution in [0.2, 0.25) is 0 Å². The maximum absolute atomic E-state index is 13.1. The van der Waals surface area contributed by atoms with Gasteiger partial charge in [-0.3, -0.25) is 4.79 Å². The van der Waals surface area contributed by atoms with Gasteiger partial charge in [0, 0.05) is 16.3 Å². The standard InChI is InChI=1S/C12H10BrFN2O2S/c13-9-3-1-7(14)5-10(9)16-12-15-8(6-19-12)2-4-11(17)18/h1,3,5-6H,2,4H2,(H,15,16)(H,17,18). The number of anilines is 2. The number of halogens is 2. The van der Waals surface area contributed by atoms with Gasteiger partial charge in [0.1, 0.15) is 5.82 Å². The maximum atomic E-state index is 13.1. The molecule has 0 radical (unpaired) electrons. The summed E-state index contributed by atoms with van der Waals surface area (Å²) < 4.78 is 13.9. The van der Waals surface area contributed by atoms with E-state index in [4.69, 9.17) is 5.11 Å². The molecule has 0 atom stereocenters. The van der Waals surface area contributed by atoms with Gasteiger partial charge in [0.15, 0.2) is 5.13 Å². The van der Waals surface area contributed by atoms with Crippen LogP contribution >= 0.6 is 27.3 Å². The average molecular weight is 345 g/mol. The summed E-state index contributed by atoms with van der Waals surface area (Å²) in [5, 5.41) is 14.0. The maximum Gasteiger partial charge on any atom is 0.303 e. The molecule has 1 aromatic heterocycles. The van der Waals surface area contributed by atoms with Crippen LogP contribution in [0.5, 0.6) is 0 Å². The van der Waals surface area contributed by atoms with Crippen LogP contribution in [-0.2, 0) is 11.2 Å². The second-order valence-electron chi connectivity index (χ2n) is 3.79. The van der Waals surface area contributed by atoms with Crippen molar-refractivity contribution in [3.05, 3.63) is 39.6 Å². The number of aromatic nitrogens is 1. The van der Waals surface area contributed by atoms with Crippen LogP contribution < -0.4 is 5.32 Å². The summed E-state index contributed by atoms with van der Waals surface area (Å²) in [6, 6.07) is 4.33. The largest absolute Gasteiger partial charge is 0.481 e. The zero-order valence-electron chi connectivity index (χ0n) is 9.69. The number of nitrogens with one attached hydrogen (secondary N) is 1.